The van der Waals surface area contributed by atoms with E-state index < -0.39 is 12.6 Å². The summed E-state index contributed by atoms with van der Waals surface area (Å²) >= 11 is 0. The summed E-state index contributed by atoms with van der Waals surface area (Å²) in [6.45, 7) is -0.660. The SMILES string of the molecule is COc1ccc(CF)c(CC(=O)O)c1. The van der Waals surface area contributed by atoms with Crippen molar-refractivity contribution in [2.75, 3.05) is 7.11 Å². The van der Waals surface area contributed by atoms with E-state index >= 15 is 0 Å². The summed E-state index contributed by atoms with van der Waals surface area (Å²) in [5.41, 5.74) is 0.854. The fourth-order valence-electron chi connectivity index (χ4n) is 1.19. The minimum absolute atomic E-state index is 0.184. The van der Waals surface area contributed by atoms with E-state index in [-0.39, 0.29) is 6.42 Å². The van der Waals surface area contributed by atoms with E-state index in [1.54, 1.807) is 12.1 Å². The Kier molecular flexibility index (Phi) is 3.45. The fourth-order valence-corrected chi connectivity index (χ4v) is 1.19. The second-order valence-electron chi connectivity index (χ2n) is 2.84. The van der Waals surface area contributed by atoms with Crippen molar-refractivity contribution < 1.29 is 19.0 Å². The number of methoxy groups -OCH3 is 1. The van der Waals surface area contributed by atoms with Crippen LogP contribution in [0, 0.1) is 0 Å². The average Bonchev–Trinajstić information content (AvgIpc) is 2.16. The standard InChI is InChI=1S/C10H11FO3/c1-14-9-3-2-7(6-11)8(4-9)5-10(12)13/h2-4H,5-6H2,1H3,(H,12,13). The number of hydrogen-bond donors (Lipinski definition) is 1. The molecule has 0 spiro atoms. The van der Waals surface area contributed by atoms with Crippen molar-refractivity contribution in [2.45, 2.75) is 13.1 Å². The van der Waals surface area contributed by atoms with E-state index in [2.05, 4.69) is 0 Å². The summed E-state index contributed by atoms with van der Waals surface area (Å²) in [6, 6.07) is 4.69. The zero-order valence-corrected chi connectivity index (χ0v) is 7.79. The van der Waals surface area contributed by atoms with Gasteiger partial charge >= 0.3 is 5.97 Å². The molecule has 76 valence electrons. The minimum Gasteiger partial charge on any atom is -0.497 e. The van der Waals surface area contributed by atoms with Crippen LogP contribution < -0.4 is 4.74 Å². The second kappa shape index (κ2) is 4.60. The van der Waals surface area contributed by atoms with Crippen molar-refractivity contribution in [3.63, 3.8) is 0 Å². The van der Waals surface area contributed by atoms with Crippen molar-refractivity contribution >= 4 is 5.97 Å². The first-order valence-electron chi connectivity index (χ1n) is 4.11. The van der Waals surface area contributed by atoms with Crippen LogP contribution in [0.3, 0.4) is 0 Å². The third-order valence-corrected chi connectivity index (χ3v) is 1.90. The molecule has 1 aromatic rings. The summed E-state index contributed by atoms with van der Waals surface area (Å²) in [4.78, 5) is 10.5. The van der Waals surface area contributed by atoms with Gasteiger partial charge in [-0.05, 0) is 23.3 Å². The first-order chi connectivity index (χ1) is 6.67. The highest BCUT2D eigenvalue weighted by Crippen LogP contribution is 2.19. The van der Waals surface area contributed by atoms with Crippen molar-refractivity contribution in [2.24, 2.45) is 0 Å². The number of alkyl halides is 1. The molecule has 14 heavy (non-hydrogen) atoms. The summed E-state index contributed by atoms with van der Waals surface area (Å²) in [7, 11) is 1.48. The van der Waals surface area contributed by atoms with Gasteiger partial charge in [-0.25, -0.2) is 4.39 Å². The largest absolute Gasteiger partial charge is 0.497 e. The number of carboxylic acid groups (broad SMARTS) is 1. The van der Waals surface area contributed by atoms with Gasteiger partial charge in [0, 0.05) is 0 Å². The van der Waals surface area contributed by atoms with Gasteiger partial charge in [-0.1, -0.05) is 6.07 Å². The molecular formula is C10H11FO3. The summed E-state index contributed by atoms with van der Waals surface area (Å²) in [5.74, 6) is -0.439. The minimum atomic E-state index is -0.979. The third kappa shape index (κ3) is 2.45. The fraction of sp³-hybridized carbons (Fsp3) is 0.300. The Morgan fingerprint density at radius 2 is 2.21 bits per heavy atom. The van der Waals surface area contributed by atoms with Crippen LogP contribution in [0.5, 0.6) is 5.75 Å². The van der Waals surface area contributed by atoms with E-state index in [0.29, 0.717) is 16.9 Å². The molecule has 0 aromatic heterocycles. The molecule has 1 N–H and O–H groups in total. The molecule has 0 atom stereocenters. The topological polar surface area (TPSA) is 46.5 Å². The van der Waals surface area contributed by atoms with Gasteiger partial charge in [-0.2, -0.15) is 0 Å². The van der Waals surface area contributed by atoms with Crippen LogP contribution in [-0.2, 0) is 17.9 Å². The number of carboxylic acids is 1. The molecule has 0 saturated carbocycles. The molecule has 0 fully saturated rings. The lowest BCUT2D eigenvalue weighted by Gasteiger charge is -2.06. The Morgan fingerprint density at radius 1 is 1.50 bits per heavy atom. The van der Waals surface area contributed by atoms with E-state index in [0.717, 1.165) is 0 Å². The molecule has 0 unspecified atom stereocenters. The van der Waals surface area contributed by atoms with Crippen LogP contribution in [0.2, 0.25) is 0 Å². The lowest BCUT2D eigenvalue weighted by molar-refractivity contribution is -0.136. The molecule has 0 radical (unpaired) electrons. The molecule has 4 heteroatoms. The van der Waals surface area contributed by atoms with Crippen LogP contribution in [0.1, 0.15) is 11.1 Å². The van der Waals surface area contributed by atoms with Crippen LogP contribution >= 0.6 is 0 Å². The van der Waals surface area contributed by atoms with Gasteiger partial charge in [-0.15, -0.1) is 0 Å². The van der Waals surface area contributed by atoms with E-state index in [1.165, 1.54) is 13.2 Å². The molecule has 0 aliphatic rings. The molecule has 0 bridgehead atoms. The van der Waals surface area contributed by atoms with Crippen molar-refractivity contribution in [3.05, 3.63) is 29.3 Å². The molecule has 3 nitrogen and oxygen atoms in total. The molecule has 1 rings (SSSR count). The first kappa shape index (κ1) is 10.5. The maximum absolute atomic E-state index is 12.4. The van der Waals surface area contributed by atoms with Gasteiger partial charge in [-0.3, -0.25) is 4.79 Å². The molecular weight excluding hydrogens is 187 g/mol. The Balaban J connectivity index is 3.01. The van der Waals surface area contributed by atoms with Gasteiger partial charge in [0.1, 0.15) is 12.4 Å². The zero-order valence-electron chi connectivity index (χ0n) is 7.79. The highest BCUT2D eigenvalue weighted by Gasteiger charge is 2.07. The average molecular weight is 198 g/mol. The lowest BCUT2D eigenvalue weighted by atomic mass is 10.1. The zero-order chi connectivity index (χ0) is 10.6. The van der Waals surface area contributed by atoms with E-state index in [4.69, 9.17) is 9.84 Å². The molecule has 1 aromatic carbocycles. The van der Waals surface area contributed by atoms with Crippen molar-refractivity contribution in [1.29, 1.82) is 0 Å². The number of hydrogen-bond acceptors (Lipinski definition) is 2. The van der Waals surface area contributed by atoms with Gasteiger partial charge < -0.3 is 9.84 Å². The Morgan fingerprint density at radius 3 is 2.71 bits per heavy atom. The number of ether oxygens (including phenoxy) is 1. The molecule has 0 aliphatic heterocycles. The van der Waals surface area contributed by atoms with Gasteiger partial charge in [0.2, 0.25) is 0 Å². The van der Waals surface area contributed by atoms with Crippen molar-refractivity contribution in [3.8, 4) is 5.75 Å². The molecule has 0 amide bonds. The smallest absolute Gasteiger partial charge is 0.307 e. The summed E-state index contributed by atoms with van der Waals surface area (Å²) in [5, 5.41) is 8.59. The van der Waals surface area contributed by atoms with Gasteiger partial charge in [0.25, 0.3) is 0 Å². The Bertz CT molecular complexity index is 336. The predicted octanol–water partition coefficient (Wildman–Crippen LogP) is 1.79. The lowest BCUT2D eigenvalue weighted by Crippen LogP contribution is -2.03. The quantitative estimate of drug-likeness (QED) is 0.802. The van der Waals surface area contributed by atoms with Crippen LogP contribution in [0.25, 0.3) is 0 Å². The monoisotopic (exact) mass is 198 g/mol. The highest BCUT2D eigenvalue weighted by molar-refractivity contribution is 5.71. The Hall–Kier alpha value is -1.58. The van der Waals surface area contributed by atoms with E-state index in [1.807, 2.05) is 0 Å². The molecule has 0 saturated heterocycles. The maximum atomic E-state index is 12.4. The maximum Gasteiger partial charge on any atom is 0.307 e. The Labute approximate surface area is 81.1 Å². The van der Waals surface area contributed by atoms with Crippen LogP contribution in [0.15, 0.2) is 18.2 Å². The summed E-state index contributed by atoms with van der Waals surface area (Å²) < 4.78 is 17.4. The van der Waals surface area contributed by atoms with Gasteiger partial charge in [0.15, 0.2) is 0 Å². The third-order valence-electron chi connectivity index (χ3n) is 1.90. The first-order valence-corrected chi connectivity index (χ1v) is 4.11. The van der Waals surface area contributed by atoms with Gasteiger partial charge in [0.05, 0.1) is 13.5 Å². The molecule has 0 heterocycles. The number of carbonyl (C=O) groups is 1. The van der Waals surface area contributed by atoms with E-state index in [9.17, 15) is 9.18 Å². The van der Waals surface area contributed by atoms with Crippen molar-refractivity contribution in [1.82, 2.24) is 0 Å². The summed E-state index contributed by atoms with van der Waals surface area (Å²) in [6.07, 6.45) is -0.184. The highest BCUT2D eigenvalue weighted by atomic mass is 19.1. The normalized spacial score (nSPS) is 9.86. The molecule has 0 aliphatic carbocycles. The second-order valence-corrected chi connectivity index (χ2v) is 2.84. The number of aliphatic carboxylic acids is 1. The predicted molar refractivity (Wildman–Crippen MR) is 49.1 cm³/mol. The number of rotatable bonds is 4. The van der Waals surface area contributed by atoms with Crippen LogP contribution in [-0.4, -0.2) is 18.2 Å². The number of benzene rings is 1. The van der Waals surface area contributed by atoms with Crippen LogP contribution in [0.4, 0.5) is 4.39 Å². The number of halogens is 1.